The molecule has 0 N–H and O–H groups in total. The van der Waals surface area contributed by atoms with Gasteiger partial charge in [0, 0.05) is 45.7 Å². The number of benzene rings is 2. The molecule has 2 aromatic carbocycles. The molecule has 0 radical (unpaired) electrons. The summed E-state index contributed by atoms with van der Waals surface area (Å²) in [6.45, 7) is 1.91. The molecule has 0 spiro atoms. The second-order valence-electron chi connectivity index (χ2n) is 7.89. The number of para-hydroxylation sites is 1. The fourth-order valence-electron chi connectivity index (χ4n) is 3.71. The van der Waals surface area contributed by atoms with Crippen LogP contribution >= 0.6 is 0 Å². The maximum absolute atomic E-state index is 13.4. The molecule has 0 aliphatic carbocycles. The summed E-state index contributed by atoms with van der Waals surface area (Å²) in [7, 11) is 4.04. The molecule has 4 rings (SSSR count). The Morgan fingerprint density at radius 1 is 1.13 bits per heavy atom. The van der Waals surface area contributed by atoms with Gasteiger partial charge in [-0.1, -0.05) is 30.3 Å². The molecule has 1 atom stereocenters. The van der Waals surface area contributed by atoms with E-state index < -0.39 is 0 Å². The van der Waals surface area contributed by atoms with Gasteiger partial charge in [-0.25, -0.2) is 4.68 Å². The largest absolute Gasteiger partial charge is 0.378 e. The molecule has 2 heterocycles. The number of anilines is 1. The van der Waals surface area contributed by atoms with Crippen LogP contribution in [-0.2, 0) is 11.3 Å². The van der Waals surface area contributed by atoms with Crippen LogP contribution in [0.25, 0.3) is 5.69 Å². The van der Waals surface area contributed by atoms with Crippen LogP contribution in [-0.4, -0.2) is 53.9 Å². The lowest BCUT2D eigenvalue weighted by atomic mass is 10.1. The van der Waals surface area contributed by atoms with Crippen molar-refractivity contribution in [1.82, 2.24) is 14.7 Å². The molecule has 156 valence electrons. The minimum absolute atomic E-state index is 0.0237. The van der Waals surface area contributed by atoms with Crippen LogP contribution < -0.4 is 4.90 Å². The van der Waals surface area contributed by atoms with Crippen molar-refractivity contribution in [2.75, 3.05) is 32.1 Å². The van der Waals surface area contributed by atoms with Gasteiger partial charge in [0.15, 0.2) is 0 Å². The lowest BCUT2D eigenvalue weighted by Gasteiger charge is -2.25. The van der Waals surface area contributed by atoms with Crippen LogP contribution in [0.5, 0.6) is 0 Å². The van der Waals surface area contributed by atoms with Crippen LogP contribution in [0, 0.1) is 0 Å². The summed E-state index contributed by atoms with van der Waals surface area (Å²) in [5.74, 6) is -0.0237. The van der Waals surface area contributed by atoms with Crippen molar-refractivity contribution in [2.45, 2.75) is 25.5 Å². The van der Waals surface area contributed by atoms with Gasteiger partial charge in [0.2, 0.25) is 0 Å². The number of amides is 1. The summed E-state index contributed by atoms with van der Waals surface area (Å²) in [6.07, 6.45) is 5.59. The monoisotopic (exact) mass is 404 g/mol. The Balaban J connectivity index is 1.54. The van der Waals surface area contributed by atoms with E-state index in [0.29, 0.717) is 18.7 Å². The Morgan fingerprint density at radius 2 is 1.90 bits per heavy atom. The summed E-state index contributed by atoms with van der Waals surface area (Å²) < 4.78 is 7.55. The summed E-state index contributed by atoms with van der Waals surface area (Å²) in [5.41, 5.74) is 3.76. The normalized spacial score (nSPS) is 15.9. The third kappa shape index (κ3) is 4.71. The van der Waals surface area contributed by atoms with E-state index >= 15 is 0 Å². The number of ether oxygens (including phenoxy) is 1. The SMILES string of the molecule is CN(C)c1ccc(CN(CC2CCCO2)C(=O)c2cnn(-c3ccccc3)c2)cc1. The van der Waals surface area contributed by atoms with E-state index in [9.17, 15) is 4.79 Å². The van der Waals surface area contributed by atoms with Crippen molar-refractivity contribution in [2.24, 2.45) is 0 Å². The first-order valence-electron chi connectivity index (χ1n) is 10.4. The quantitative estimate of drug-likeness (QED) is 0.602. The smallest absolute Gasteiger partial charge is 0.257 e. The van der Waals surface area contributed by atoms with Crippen molar-refractivity contribution in [3.63, 3.8) is 0 Å². The highest BCUT2D eigenvalue weighted by Crippen LogP contribution is 2.19. The molecule has 1 saturated heterocycles. The predicted octanol–water partition coefficient (Wildman–Crippen LogP) is 3.76. The van der Waals surface area contributed by atoms with Gasteiger partial charge in [0.05, 0.1) is 23.6 Å². The zero-order valence-corrected chi connectivity index (χ0v) is 17.6. The van der Waals surface area contributed by atoms with E-state index in [1.54, 1.807) is 17.1 Å². The van der Waals surface area contributed by atoms with Crippen molar-refractivity contribution < 1.29 is 9.53 Å². The highest BCUT2D eigenvalue weighted by molar-refractivity contribution is 5.93. The van der Waals surface area contributed by atoms with E-state index in [0.717, 1.165) is 36.4 Å². The predicted molar refractivity (Wildman–Crippen MR) is 118 cm³/mol. The Labute approximate surface area is 177 Å². The first kappa shape index (κ1) is 20.2. The number of aromatic nitrogens is 2. The molecular weight excluding hydrogens is 376 g/mol. The molecule has 30 heavy (non-hydrogen) atoms. The molecule has 1 aromatic heterocycles. The number of carbonyl (C=O) groups is 1. The standard InChI is InChI=1S/C24H28N4O2/c1-26(2)21-12-10-19(11-13-21)16-27(18-23-9-6-14-30-23)24(29)20-15-25-28(17-20)22-7-4-3-5-8-22/h3-5,7-8,10-13,15,17,23H,6,9,14,16,18H2,1-2H3. The van der Waals surface area contributed by atoms with Crippen molar-refractivity contribution in [3.8, 4) is 5.69 Å². The Morgan fingerprint density at radius 3 is 2.57 bits per heavy atom. The van der Waals surface area contributed by atoms with Crippen molar-refractivity contribution >= 4 is 11.6 Å². The molecule has 6 nitrogen and oxygen atoms in total. The third-order valence-electron chi connectivity index (χ3n) is 5.41. The lowest BCUT2D eigenvalue weighted by molar-refractivity contribution is 0.0507. The van der Waals surface area contributed by atoms with Gasteiger partial charge in [-0.3, -0.25) is 4.79 Å². The van der Waals surface area contributed by atoms with Gasteiger partial charge in [0.1, 0.15) is 0 Å². The first-order valence-corrected chi connectivity index (χ1v) is 10.4. The maximum Gasteiger partial charge on any atom is 0.257 e. The van der Waals surface area contributed by atoms with E-state index in [-0.39, 0.29) is 12.0 Å². The fourth-order valence-corrected chi connectivity index (χ4v) is 3.71. The molecule has 1 aliphatic heterocycles. The molecule has 1 fully saturated rings. The number of hydrogen-bond donors (Lipinski definition) is 0. The topological polar surface area (TPSA) is 50.6 Å². The highest BCUT2D eigenvalue weighted by atomic mass is 16.5. The van der Waals surface area contributed by atoms with Gasteiger partial charge in [0.25, 0.3) is 5.91 Å². The average molecular weight is 405 g/mol. The summed E-state index contributed by atoms with van der Waals surface area (Å²) in [4.78, 5) is 17.3. The number of nitrogens with zero attached hydrogens (tertiary/aromatic N) is 4. The zero-order valence-electron chi connectivity index (χ0n) is 17.6. The zero-order chi connectivity index (χ0) is 20.9. The van der Waals surface area contributed by atoms with Gasteiger partial charge >= 0.3 is 0 Å². The van der Waals surface area contributed by atoms with Gasteiger partial charge in [-0.2, -0.15) is 5.10 Å². The molecule has 1 amide bonds. The molecule has 1 unspecified atom stereocenters. The summed E-state index contributed by atoms with van der Waals surface area (Å²) in [5, 5.41) is 4.39. The molecule has 3 aromatic rings. The molecule has 0 bridgehead atoms. The Kier molecular flexibility index (Phi) is 6.14. The van der Waals surface area contributed by atoms with Gasteiger partial charge < -0.3 is 14.5 Å². The fraction of sp³-hybridized carbons (Fsp3) is 0.333. The lowest BCUT2D eigenvalue weighted by Crippen LogP contribution is -2.36. The first-order chi connectivity index (χ1) is 14.6. The highest BCUT2D eigenvalue weighted by Gasteiger charge is 2.24. The Hall–Kier alpha value is -3.12. The number of rotatable bonds is 7. The van der Waals surface area contributed by atoms with Crippen LogP contribution in [0.3, 0.4) is 0 Å². The van der Waals surface area contributed by atoms with Crippen molar-refractivity contribution in [1.29, 1.82) is 0 Å². The number of carbonyl (C=O) groups excluding carboxylic acids is 1. The van der Waals surface area contributed by atoms with Crippen molar-refractivity contribution in [3.05, 3.63) is 78.1 Å². The van der Waals surface area contributed by atoms with Crippen LogP contribution in [0.2, 0.25) is 0 Å². The van der Waals surface area contributed by atoms with Gasteiger partial charge in [-0.15, -0.1) is 0 Å². The summed E-state index contributed by atoms with van der Waals surface area (Å²) >= 11 is 0. The molecule has 0 saturated carbocycles. The molecule has 1 aliphatic rings. The van der Waals surface area contributed by atoms with E-state index in [1.807, 2.05) is 49.3 Å². The van der Waals surface area contributed by atoms with E-state index in [2.05, 4.69) is 34.3 Å². The third-order valence-corrected chi connectivity index (χ3v) is 5.41. The summed E-state index contributed by atoms with van der Waals surface area (Å²) in [6, 6.07) is 18.1. The van der Waals surface area contributed by atoms with Crippen LogP contribution in [0.4, 0.5) is 5.69 Å². The van der Waals surface area contributed by atoms with E-state index in [1.165, 1.54) is 0 Å². The molecular formula is C24H28N4O2. The Bertz CT molecular complexity index is 960. The minimum Gasteiger partial charge on any atom is -0.378 e. The molecule has 6 heteroatoms. The second kappa shape index (κ2) is 9.13. The van der Waals surface area contributed by atoms with Gasteiger partial charge in [-0.05, 0) is 42.7 Å². The minimum atomic E-state index is -0.0237. The maximum atomic E-state index is 13.4. The van der Waals surface area contributed by atoms with Crippen LogP contribution in [0.1, 0.15) is 28.8 Å². The van der Waals surface area contributed by atoms with Crippen LogP contribution in [0.15, 0.2) is 67.0 Å². The number of hydrogen-bond acceptors (Lipinski definition) is 4. The van der Waals surface area contributed by atoms with E-state index in [4.69, 9.17) is 4.74 Å². The second-order valence-corrected chi connectivity index (χ2v) is 7.89. The average Bonchev–Trinajstić information content (AvgIpc) is 3.46.